The number of benzene rings is 2. The molecule has 1 aliphatic carbocycles. The molecule has 0 bridgehead atoms. The molecule has 0 aliphatic heterocycles. The molecule has 1 aliphatic rings. The predicted molar refractivity (Wildman–Crippen MR) is 145 cm³/mol. The predicted octanol–water partition coefficient (Wildman–Crippen LogP) is 5.69. The first-order chi connectivity index (χ1) is 17.4. The molecule has 1 fully saturated rings. The lowest BCUT2D eigenvalue weighted by Gasteiger charge is -2.35. The number of carbonyl (C=O) groups is 3. The lowest BCUT2D eigenvalue weighted by molar-refractivity contribution is -0.137. The van der Waals surface area contributed by atoms with Gasteiger partial charge < -0.3 is 15.1 Å². The standard InChI is InChI=1S/C31H41NO5/c1-7-30(8-2,24-12-14-26(21(4)18-24)29(36)32(6)19-27(33)34)23-11-13-25(20(3)17-23)28(35)22(5)31(37)15-9-10-16-31/h11-14,17-18,22,37H,7-10,15-16,19H2,1-6H3,(H,33,34). The summed E-state index contributed by atoms with van der Waals surface area (Å²) in [5.41, 5.74) is 3.84. The summed E-state index contributed by atoms with van der Waals surface area (Å²) in [6, 6.07) is 11.8. The van der Waals surface area contributed by atoms with Crippen LogP contribution in [-0.4, -0.2) is 52.0 Å². The number of Topliss-reactive ketones (excluding diaryl/α,β-unsaturated/α-hetero) is 1. The maximum Gasteiger partial charge on any atom is 0.323 e. The van der Waals surface area contributed by atoms with Gasteiger partial charge in [0.25, 0.3) is 5.91 Å². The van der Waals surface area contributed by atoms with Gasteiger partial charge in [0.05, 0.1) is 5.60 Å². The van der Waals surface area contributed by atoms with E-state index in [1.165, 1.54) is 11.9 Å². The smallest absolute Gasteiger partial charge is 0.323 e. The summed E-state index contributed by atoms with van der Waals surface area (Å²) in [6.45, 7) is 9.62. The number of carbonyl (C=O) groups excluding carboxylic acids is 2. The van der Waals surface area contributed by atoms with E-state index in [1.54, 1.807) is 6.07 Å². The highest BCUT2D eigenvalue weighted by molar-refractivity contribution is 6.00. The molecule has 3 rings (SSSR count). The van der Waals surface area contributed by atoms with Gasteiger partial charge in [0.2, 0.25) is 0 Å². The molecule has 1 amide bonds. The van der Waals surface area contributed by atoms with Crippen molar-refractivity contribution >= 4 is 17.7 Å². The van der Waals surface area contributed by atoms with E-state index in [-0.39, 0.29) is 23.7 Å². The minimum absolute atomic E-state index is 0.00348. The Hall–Kier alpha value is -2.99. The zero-order valence-electron chi connectivity index (χ0n) is 23.1. The van der Waals surface area contributed by atoms with E-state index < -0.39 is 17.5 Å². The lowest BCUT2D eigenvalue weighted by atomic mass is 9.69. The van der Waals surface area contributed by atoms with E-state index in [9.17, 15) is 19.5 Å². The van der Waals surface area contributed by atoms with E-state index >= 15 is 0 Å². The number of rotatable bonds is 10. The van der Waals surface area contributed by atoms with Crippen molar-refractivity contribution in [3.63, 3.8) is 0 Å². The first-order valence-electron chi connectivity index (χ1n) is 13.4. The molecule has 1 atom stereocenters. The molecule has 0 saturated heterocycles. The SMILES string of the molecule is CCC(CC)(c1ccc(C(=O)C(C)C2(O)CCCC2)c(C)c1)c1ccc(C(=O)N(C)CC(=O)O)c(C)c1. The number of amides is 1. The maximum absolute atomic E-state index is 13.4. The van der Waals surface area contributed by atoms with Gasteiger partial charge in [-0.25, -0.2) is 0 Å². The molecular weight excluding hydrogens is 466 g/mol. The minimum atomic E-state index is -1.05. The van der Waals surface area contributed by atoms with Gasteiger partial charge in [0.15, 0.2) is 5.78 Å². The fourth-order valence-corrected chi connectivity index (χ4v) is 6.05. The van der Waals surface area contributed by atoms with Crippen LogP contribution in [0.3, 0.4) is 0 Å². The Morgan fingerprint density at radius 1 is 0.946 bits per heavy atom. The van der Waals surface area contributed by atoms with Gasteiger partial charge >= 0.3 is 5.97 Å². The number of aliphatic carboxylic acids is 1. The largest absolute Gasteiger partial charge is 0.480 e. The van der Waals surface area contributed by atoms with Crippen LogP contribution in [0.25, 0.3) is 0 Å². The molecular formula is C31H41NO5. The van der Waals surface area contributed by atoms with Crippen LogP contribution >= 0.6 is 0 Å². The van der Waals surface area contributed by atoms with Crippen molar-refractivity contribution in [1.82, 2.24) is 4.90 Å². The van der Waals surface area contributed by atoms with Crippen LogP contribution in [-0.2, 0) is 10.2 Å². The fourth-order valence-electron chi connectivity index (χ4n) is 6.05. The number of aliphatic hydroxyl groups is 1. The van der Waals surface area contributed by atoms with E-state index in [1.807, 2.05) is 45.0 Å². The summed E-state index contributed by atoms with van der Waals surface area (Å²) < 4.78 is 0. The average Bonchev–Trinajstić information content (AvgIpc) is 3.31. The molecule has 1 saturated carbocycles. The van der Waals surface area contributed by atoms with Crippen LogP contribution < -0.4 is 0 Å². The summed E-state index contributed by atoms with van der Waals surface area (Å²) >= 11 is 0. The van der Waals surface area contributed by atoms with E-state index in [0.717, 1.165) is 47.9 Å². The van der Waals surface area contributed by atoms with Crippen LogP contribution in [0.15, 0.2) is 36.4 Å². The number of nitrogens with zero attached hydrogens (tertiary/aromatic N) is 1. The molecule has 0 spiro atoms. The second kappa shape index (κ2) is 11.2. The second-order valence-electron chi connectivity index (χ2n) is 10.8. The number of carboxylic acids is 1. The molecule has 2 N–H and O–H groups in total. The Balaban J connectivity index is 1.96. The molecule has 2 aromatic rings. The molecule has 0 aromatic heterocycles. The van der Waals surface area contributed by atoms with Crippen LogP contribution in [0.5, 0.6) is 0 Å². The average molecular weight is 508 g/mol. The Labute approximate surface area is 220 Å². The van der Waals surface area contributed by atoms with Gasteiger partial charge in [-0.1, -0.05) is 63.9 Å². The Bertz CT molecular complexity index is 1170. The third kappa shape index (κ3) is 5.49. The Morgan fingerprint density at radius 2 is 1.43 bits per heavy atom. The number of hydrogen-bond acceptors (Lipinski definition) is 4. The van der Waals surface area contributed by atoms with Crippen molar-refractivity contribution < 1.29 is 24.6 Å². The molecule has 1 unspecified atom stereocenters. The minimum Gasteiger partial charge on any atom is -0.480 e. The monoisotopic (exact) mass is 507 g/mol. The van der Waals surface area contributed by atoms with E-state index in [0.29, 0.717) is 24.0 Å². The van der Waals surface area contributed by atoms with E-state index in [2.05, 4.69) is 19.9 Å². The van der Waals surface area contributed by atoms with Crippen molar-refractivity contribution in [3.05, 3.63) is 69.8 Å². The highest BCUT2D eigenvalue weighted by Crippen LogP contribution is 2.41. The van der Waals surface area contributed by atoms with Crippen LogP contribution in [0.1, 0.15) is 102 Å². The molecule has 200 valence electrons. The van der Waals surface area contributed by atoms with Gasteiger partial charge in [-0.2, -0.15) is 0 Å². The zero-order valence-corrected chi connectivity index (χ0v) is 23.1. The third-order valence-electron chi connectivity index (χ3n) is 8.65. The zero-order chi connectivity index (χ0) is 27.5. The highest BCUT2D eigenvalue weighted by Gasteiger charge is 2.41. The van der Waals surface area contributed by atoms with E-state index in [4.69, 9.17) is 5.11 Å². The quantitative estimate of drug-likeness (QED) is 0.403. The first-order valence-corrected chi connectivity index (χ1v) is 13.4. The van der Waals surface area contributed by atoms with Crippen molar-refractivity contribution in [3.8, 4) is 0 Å². The number of carboxylic acid groups (broad SMARTS) is 1. The summed E-state index contributed by atoms with van der Waals surface area (Å²) in [5.74, 6) is -1.81. The summed E-state index contributed by atoms with van der Waals surface area (Å²) in [7, 11) is 1.49. The molecule has 6 nitrogen and oxygen atoms in total. The second-order valence-corrected chi connectivity index (χ2v) is 10.8. The van der Waals surface area contributed by atoms with Crippen LogP contribution in [0, 0.1) is 19.8 Å². The number of hydrogen-bond donors (Lipinski definition) is 2. The van der Waals surface area contributed by atoms with Gasteiger partial charge in [-0.15, -0.1) is 0 Å². The number of likely N-dealkylation sites (N-methyl/N-ethyl adjacent to an activating group) is 1. The van der Waals surface area contributed by atoms with Gasteiger partial charge in [-0.3, -0.25) is 14.4 Å². The summed E-state index contributed by atoms with van der Waals surface area (Å²) in [6.07, 6.45) is 4.93. The van der Waals surface area contributed by atoms with Crippen molar-refractivity contribution in [1.29, 1.82) is 0 Å². The molecule has 0 radical (unpaired) electrons. The lowest BCUT2D eigenvalue weighted by Crippen LogP contribution is -2.38. The molecule has 37 heavy (non-hydrogen) atoms. The Kier molecular flexibility index (Phi) is 8.63. The summed E-state index contributed by atoms with van der Waals surface area (Å²) in [5, 5.41) is 20.0. The van der Waals surface area contributed by atoms with Gasteiger partial charge in [0, 0.05) is 29.5 Å². The summed E-state index contributed by atoms with van der Waals surface area (Å²) in [4.78, 5) is 38.4. The number of aryl methyl sites for hydroxylation is 2. The van der Waals surface area contributed by atoms with Crippen molar-refractivity contribution in [2.24, 2.45) is 5.92 Å². The van der Waals surface area contributed by atoms with Gasteiger partial charge in [0.1, 0.15) is 6.54 Å². The number of ketones is 1. The highest BCUT2D eigenvalue weighted by atomic mass is 16.4. The van der Waals surface area contributed by atoms with Crippen molar-refractivity contribution in [2.75, 3.05) is 13.6 Å². The normalized spacial score (nSPS) is 15.9. The van der Waals surface area contributed by atoms with Crippen LogP contribution in [0.2, 0.25) is 0 Å². The topological polar surface area (TPSA) is 94.9 Å². The molecule has 0 heterocycles. The Morgan fingerprint density at radius 3 is 1.86 bits per heavy atom. The fraction of sp³-hybridized carbons (Fsp3) is 0.516. The third-order valence-corrected chi connectivity index (χ3v) is 8.65. The molecule has 6 heteroatoms. The van der Waals surface area contributed by atoms with Gasteiger partial charge in [-0.05, 0) is 67.9 Å². The maximum atomic E-state index is 13.4. The van der Waals surface area contributed by atoms with Crippen LogP contribution in [0.4, 0.5) is 0 Å². The van der Waals surface area contributed by atoms with Crippen molar-refractivity contribution in [2.45, 2.75) is 84.2 Å². The molecule has 2 aromatic carbocycles. The first kappa shape index (κ1) is 28.6.